The van der Waals surface area contributed by atoms with Gasteiger partial charge in [0.2, 0.25) is 0 Å². The Bertz CT molecular complexity index is 950. The zero-order chi connectivity index (χ0) is 22.1. The number of amides is 1. The van der Waals surface area contributed by atoms with Crippen LogP contribution in [0.15, 0.2) is 64.9 Å². The summed E-state index contributed by atoms with van der Waals surface area (Å²) in [6.07, 6.45) is 5.44. The third kappa shape index (κ3) is 8.04. The van der Waals surface area contributed by atoms with Crippen LogP contribution in [0.2, 0.25) is 25.7 Å². The highest BCUT2D eigenvalue weighted by Crippen LogP contribution is 2.24. The van der Waals surface area contributed by atoms with Crippen LogP contribution in [0.4, 0.5) is 0 Å². The first-order valence-corrected chi connectivity index (χ1v) is 15.2. The molecule has 3 aromatic rings. The van der Waals surface area contributed by atoms with Gasteiger partial charge in [-0.15, -0.1) is 0 Å². The van der Waals surface area contributed by atoms with Gasteiger partial charge < -0.3 is 19.6 Å². The molecule has 0 saturated carbocycles. The second-order valence-corrected chi connectivity index (χ2v) is 15.4. The van der Waals surface area contributed by atoms with E-state index >= 15 is 0 Å². The Kier molecular flexibility index (Phi) is 8.57. The fourth-order valence-electron chi connectivity index (χ4n) is 2.96. The monoisotopic (exact) mass is 456 g/mol. The van der Waals surface area contributed by atoms with Crippen LogP contribution in [0, 0.1) is 0 Å². The molecule has 0 spiro atoms. The van der Waals surface area contributed by atoms with Crippen LogP contribution in [0.5, 0.6) is 0 Å². The van der Waals surface area contributed by atoms with Crippen molar-refractivity contribution in [3.8, 4) is 0 Å². The summed E-state index contributed by atoms with van der Waals surface area (Å²) in [6.45, 7) is 8.76. The topological polar surface area (TPSA) is 71.9 Å². The molecule has 2 heterocycles. The molecule has 0 aliphatic heterocycles. The van der Waals surface area contributed by atoms with Crippen molar-refractivity contribution in [1.29, 1.82) is 0 Å². The molecular weight excluding hydrogens is 424 g/mol. The lowest BCUT2D eigenvalue weighted by Crippen LogP contribution is -2.27. The average molecular weight is 457 g/mol. The van der Waals surface area contributed by atoms with E-state index in [-0.39, 0.29) is 5.91 Å². The predicted molar refractivity (Wildman–Crippen MR) is 128 cm³/mol. The Labute approximate surface area is 189 Å². The first-order valence-electron chi connectivity index (χ1n) is 10.7. The number of nitrogens with zero attached hydrogens (tertiary/aromatic N) is 2. The number of ether oxygens (including phenoxy) is 1. The second kappa shape index (κ2) is 11.4. The van der Waals surface area contributed by atoms with E-state index in [4.69, 9.17) is 4.74 Å². The Morgan fingerprint density at radius 2 is 2.00 bits per heavy atom. The molecule has 2 aromatic heterocycles. The molecule has 2 N–H and O–H groups in total. The Morgan fingerprint density at radius 1 is 1.19 bits per heavy atom. The predicted octanol–water partition coefficient (Wildman–Crippen LogP) is 5.04. The zero-order valence-electron chi connectivity index (χ0n) is 18.6. The first kappa shape index (κ1) is 23.4. The molecule has 0 aliphatic carbocycles. The number of rotatable bonds is 12. The van der Waals surface area contributed by atoms with E-state index < -0.39 is 8.07 Å². The molecule has 0 aliphatic rings. The van der Waals surface area contributed by atoms with Crippen molar-refractivity contribution < 1.29 is 9.53 Å². The number of aryl methyl sites for hydroxylation is 1. The van der Waals surface area contributed by atoms with Gasteiger partial charge in [0.25, 0.3) is 5.91 Å². The van der Waals surface area contributed by atoms with Gasteiger partial charge in [-0.25, -0.2) is 4.98 Å². The van der Waals surface area contributed by atoms with Gasteiger partial charge in [0, 0.05) is 44.2 Å². The lowest BCUT2D eigenvalue weighted by Gasteiger charge is -2.16. The SMILES string of the molecule is C[Si](C)(C)CCOCn1cccc1C(=O)NCCCc1cnc(Sc2ccccc2)[nH]1. The zero-order valence-corrected chi connectivity index (χ0v) is 20.4. The van der Waals surface area contributed by atoms with Crippen LogP contribution in [0.1, 0.15) is 22.6 Å². The molecule has 6 nitrogen and oxygen atoms in total. The number of carbonyl (C=O) groups is 1. The maximum atomic E-state index is 12.5. The Hall–Kier alpha value is -2.29. The molecule has 0 saturated heterocycles. The van der Waals surface area contributed by atoms with E-state index in [1.165, 1.54) is 0 Å². The van der Waals surface area contributed by atoms with Gasteiger partial charge in [-0.2, -0.15) is 0 Å². The van der Waals surface area contributed by atoms with Crippen molar-refractivity contribution >= 4 is 25.7 Å². The van der Waals surface area contributed by atoms with Crippen molar-refractivity contribution in [3.63, 3.8) is 0 Å². The second-order valence-electron chi connectivity index (χ2n) is 8.70. The highest BCUT2D eigenvalue weighted by Gasteiger charge is 2.13. The van der Waals surface area contributed by atoms with Crippen LogP contribution in [-0.4, -0.2) is 41.7 Å². The van der Waals surface area contributed by atoms with E-state index in [0.717, 1.165) is 41.2 Å². The molecule has 0 unspecified atom stereocenters. The fourth-order valence-corrected chi connectivity index (χ4v) is 4.52. The third-order valence-corrected chi connectivity index (χ3v) is 7.37. The number of hydrogen-bond acceptors (Lipinski definition) is 4. The maximum absolute atomic E-state index is 12.5. The number of benzene rings is 1. The highest BCUT2D eigenvalue weighted by molar-refractivity contribution is 7.99. The number of carbonyl (C=O) groups excluding carboxylic acids is 1. The summed E-state index contributed by atoms with van der Waals surface area (Å²) in [5.74, 6) is -0.0660. The summed E-state index contributed by atoms with van der Waals surface area (Å²) >= 11 is 1.61. The maximum Gasteiger partial charge on any atom is 0.267 e. The molecule has 0 radical (unpaired) electrons. The lowest BCUT2D eigenvalue weighted by molar-refractivity contribution is 0.0791. The molecule has 3 rings (SSSR count). The number of aromatic amines is 1. The number of H-pyrrole nitrogens is 1. The van der Waals surface area contributed by atoms with E-state index in [1.54, 1.807) is 11.8 Å². The van der Waals surface area contributed by atoms with Crippen molar-refractivity contribution in [2.45, 2.75) is 55.3 Å². The van der Waals surface area contributed by atoms with Crippen LogP contribution in [0.3, 0.4) is 0 Å². The lowest BCUT2D eigenvalue weighted by atomic mass is 10.2. The van der Waals surface area contributed by atoms with Crippen LogP contribution < -0.4 is 5.32 Å². The first-order chi connectivity index (χ1) is 14.9. The van der Waals surface area contributed by atoms with E-state index in [1.807, 2.05) is 47.3 Å². The summed E-state index contributed by atoms with van der Waals surface area (Å²) < 4.78 is 7.64. The minimum Gasteiger partial charge on any atom is -0.361 e. The van der Waals surface area contributed by atoms with Crippen molar-refractivity contribution in [1.82, 2.24) is 19.9 Å². The summed E-state index contributed by atoms with van der Waals surface area (Å²) in [5.41, 5.74) is 1.71. The fraction of sp³-hybridized carbons (Fsp3) is 0.391. The van der Waals surface area contributed by atoms with E-state index in [2.05, 4.69) is 47.1 Å². The smallest absolute Gasteiger partial charge is 0.267 e. The highest BCUT2D eigenvalue weighted by atomic mass is 32.2. The summed E-state index contributed by atoms with van der Waals surface area (Å²) in [4.78, 5) is 21.5. The Balaban J connectivity index is 1.38. The third-order valence-electron chi connectivity index (χ3n) is 4.76. The average Bonchev–Trinajstić information content (AvgIpc) is 3.38. The summed E-state index contributed by atoms with van der Waals surface area (Å²) in [5, 5.41) is 3.90. The number of hydrogen-bond donors (Lipinski definition) is 2. The van der Waals surface area contributed by atoms with Crippen molar-refractivity contribution in [2.24, 2.45) is 0 Å². The molecule has 0 fully saturated rings. The largest absolute Gasteiger partial charge is 0.361 e. The van der Waals surface area contributed by atoms with Gasteiger partial charge in [-0.1, -0.05) is 49.6 Å². The summed E-state index contributed by atoms with van der Waals surface area (Å²) in [6, 6.07) is 15.0. The molecule has 0 atom stereocenters. The standard InChI is InChI=1S/C23H32N4O2SSi/c1-31(2,3)16-15-29-18-27-14-8-12-21(27)22(28)24-13-7-9-19-17-25-23(26-19)30-20-10-5-4-6-11-20/h4-6,8,10-12,14,17H,7,9,13,15-16,18H2,1-3H3,(H,24,28)(H,25,26). The minimum absolute atomic E-state index is 0.0660. The normalized spacial score (nSPS) is 11.6. The summed E-state index contributed by atoms with van der Waals surface area (Å²) in [7, 11) is -1.10. The molecule has 0 bridgehead atoms. The number of nitrogens with one attached hydrogen (secondary N) is 2. The Morgan fingerprint density at radius 3 is 2.77 bits per heavy atom. The molecule has 1 aromatic carbocycles. The van der Waals surface area contributed by atoms with Gasteiger partial charge in [-0.05, 0) is 43.2 Å². The van der Waals surface area contributed by atoms with Crippen molar-refractivity contribution in [2.75, 3.05) is 13.2 Å². The molecule has 1 amide bonds. The van der Waals surface area contributed by atoms with E-state index in [9.17, 15) is 4.79 Å². The van der Waals surface area contributed by atoms with Crippen LogP contribution in [0.25, 0.3) is 0 Å². The van der Waals surface area contributed by atoms with Crippen LogP contribution >= 0.6 is 11.8 Å². The van der Waals surface area contributed by atoms with Gasteiger partial charge >= 0.3 is 0 Å². The number of imidazole rings is 1. The van der Waals surface area contributed by atoms with Gasteiger partial charge in [-0.3, -0.25) is 4.79 Å². The van der Waals surface area contributed by atoms with Gasteiger partial charge in [0.05, 0.1) is 0 Å². The van der Waals surface area contributed by atoms with Crippen LogP contribution in [-0.2, 0) is 17.9 Å². The molecule has 8 heteroatoms. The minimum atomic E-state index is -1.10. The number of aromatic nitrogens is 3. The molecule has 31 heavy (non-hydrogen) atoms. The van der Waals surface area contributed by atoms with E-state index in [0.29, 0.717) is 19.0 Å². The molecular formula is C23H32N4O2SSi. The quantitative estimate of drug-likeness (QED) is 0.296. The van der Waals surface area contributed by atoms with Gasteiger partial charge in [0.1, 0.15) is 12.4 Å². The molecule has 166 valence electrons. The van der Waals surface area contributed by atoms with Gasteiger partial charge in [0.15, 0.2) is 5.16 Å². The van der Waals surface area contributed by atoms with Crippen molar-refractivity contribution in [3.05, 3.63) is 66.2 Å².